The molecule has 2 aromatic heterocycles. The summed E-state index contributed by atoms with van der Waals surface area (Å²) >= 11 is 1.37. The normalized spacial score (nSPS) is 10.9. The van der Waals surface area contributed by atoms with Gasteiger partial charge in [-0.25, -0.2) is 14.8 Å². The molecule has 112 valence electrons. The predicted octanol–water partition coefficient (Wildman–Crippen LogP) is 3.29. The summed E-state index contributed by atoms with van der Waals surface area (Å²) < 4.78 is 5.05. The summed E-state index contributed by atoms with van der Waals surface area (Å²) in [6.07, 6.45) is 2.32. The molecule has 0 spiro atoms. The van der Waals surface area contributed by atoms with E-state index >= 15 is 0 Å². The molecule has 0 amide bonds. The molecule has 0 fully saturated rings. The van der Waals surface area contributed by atoms with E-state index in [4.69, 9.17) is 4.74 Å². The zero-order chi connectivity index (χ0) is 15.4. The monoisotopic (exact) mass is 306 g/mol. The van der Waals surface area contributed by atoms with Crippen LogP contribution in [0, 0.1) is 5.92 Å². The topological polar surface area (TPSA) is 72.3 Å². The van der Waals surface area contributed by atoms with Crippen molar-refractivity contribution < 1.29 is 14.6 Å². The average molecular weight is 306 g/mol. The zero-order valence-electron chi connectivity index (χ0n) is 12.3. The second-order valence-electron chi connectivity index (χ2n) is 4.98. The highest BCUT2D eigenvalue weighted by atomic mass is 32.1. The maximum atomic E-state index is 12.0. The van der Waals surface area contributed by atoms with Crippen LogP contribution in [0.3, 0.4) is 0 Å². The third kappa shape index (κ3) is 3.58. The summed E-state index contributed by atoms with van der Waals surface area (Å²) in [7, 11) is 0. The molecule has 21 heavy (non-hydrogen) atoms. The number of nitrogens with zero attached hydrogens (tertiary/aromatic N) is 2. The predicted molar refractivity (Wildman–Crippen MR) is 81.5 cm³/mol. The van der Waals surface area contributed by atoms with Gasteiger partial charge in [-0.2, -0.15) is 0 Å². The van der Waals surface area contributed by atoms with Gasteiger partial charge in [0, 0.05) is 11.1 Å². The molecule has 1 N–H and O–H groups in total. The Bertz CT molecular complexity index is 638. The van der Waals surface area contributed by atoms with Crippen LogP contribution >= 0.6 is 11.3 Å². The molecule has 5 nitrogen and oxygen atoms in total. The smallest absolute Gasteiger partial charge is 0.358 e. The van der Waals surface area contributed by atoms with Crippen LogP contribution in [0.5, 0.6) is 5.75 Å². The van der Waals surface area contributed by atoms with Crippen molar-refractivity contribution >= 4 is 17.3 Å². The van der Waals surface area contributed by atoms with Crippen LogP contribution in [-0.4, -0.2) is 27.7 Å². The Morgan fingerprint density at radius 2 is 2.24 bits per heavy atom. The van der Waals surface area contributed by atoms with Gasteiger partial charge < -0.3 is 9.84 Å². The number of ether oxygens (including phenoxy) is 1. The van der Waals surface area contributed by atoms with Crippen LogP contribution < -0.4 is 0 Å². The van der Waals surface area contributed by atoms with Crippen molar-refractivity contribution in [2.24, 2.45) is 5.92 Å². The number of carbonyl (C=O) groups excluding carboxylic acids is 1. The zero-order valence-corrected chi connectivity index (χ0v) is 13.1. The highest BCUT2D eigenvalue weighted by Crippen LogP contribution is 2.33. The summed E-state index contributed by atoms with van der Waals surface area (Å²) in [6, 6.07) is 3.20. The molecule has 2 aromatic rings. The highest BCUT2D eigenvalue weighted by Gasteiger charge is 2.22. The lowest BCUT2D eigenvalue weighted by Crippen LogP contribution is -2.08. The minimum Gasteiger partial charge on any atom is -0.506 e. The van der Waals surface area contributed by atoms with E-state index in [1.165, 1.54) is 11.3 Å². The van der Waals surface area contributed by atoms with Crippen molar-refractivity contribution in [3.8, 4) is 16.5 Å². The average Bonchev–Trinajstić information content (AvgIpc) is 2.82. The van der Waals surface area contributed by atoms with Crippen molar-refractivity contribution in [1.82, 2.24) is 9.97 Å². The SMILES string of the molecule is CCOC(=O)c1nc(-c2ncccc2O)sc1CC(C)C. The van der Waals surface area contributed by atoms with Crippen molar-refractivity contribution in [3.05, 3.63) is 28.9 Å². The maximum Gasteiger partial charge on any atom is 0.358 e. The molecule has 0 unspecified atom stereocenters. The van der Waals surface area contributed by atoms with Gasteiger partial charge in [0.2, 0.25) is 0 Å². The number of hydrogen-bond donors (Lipinski definition) is 1. The van der Waals surface area contributed by atoms with Crippen LogP contribution in [-0.2, 0) is 11.2 Å². The fourth-order valence-corrected chi connectivity index (χ4v) is 3.15. The third-order valence-electron chi connectivity index (χ3n) is 2.75. The summed E-state index contributed by atoms with van der Waals surface area (Å²) in [4.78, 5) is 21.3. The lowest BCUT2D eigenvalue weighted by Gasteiger charge is -2.04. The fourth-order valence-electron chi connectivity index (χ4n) is 1.88. The van der Waals surface area contributed by atoms with Crippen LogP contribution in [0.2, 0.25) is 0 Å². The Hall–Kier alpha value is -1.95. The summed E-state index contributed by atoms with van der Waals surface area (Å²) in [5.74, 6) is 0.0210. The Balaban J connectivity index is 2.45. The van der Waals surface area contributed by atoms with Gasteiger partial charge >= 0.3 is 5.97 Å². The molecule has 0 aliphatic rings. The number of thiazole rings is 1. The lowest BCUT2D eigenvalue weighted by atomic mass is 10.1. The summed E-state index contributed by atoms with van der Waals surface area (Å²) in [5, 5.41) is 10.4. The van der Waals surface area contributed by atoms with Crippen LogP contribution in [0.1, 0.15) is 36.1 Å². The molecule has 2 rings (SSSR count). The van der Waals surface area contributed by atoms with Crippen molar-refractivity contribution in [2.45, 2.75) is 27.2 Å². The van der Waals surface area contributed by atoms with E-state index < -0.39 is 5.97 Å². The molecule has 2 heterocycles. The summed E-state index contributed by atoms with van der Waals surface area (Å²) in [5.41, 5.74) is 0.721. The minimum atomic E-state index is -0.425. The van der Waals surface area contributed by atoms with E-state index in [0.29, 0.717) is 28.9 Å². The number of carbonyl (C=O) groups is 1. The first-order chi connectivity index (χ1) is 10.0. The van der Waals surface area contributed by atoms with E-state index in [9.17, 15) is 9.90 Å². The molecule has 0 saturated heterocycles. The highest BCUT2D eigenvalue weighted by molar-refractivity contribution is 7.15. The number of pyridine rings is 1. The second kappa shape index (κ2) is 6.67. The molecular formula is C15H18N2O3S. The first-order valence-corrected chi connectivity index (χ1v) is 7.65. The van der Waals surface area contributed by atoms with Crippen LogP contribution in [0.4, 0.5) is 0 Å². The molecule has 0 aliphatic carbocycles. The van der Waals surface area contributed by atoms with E-state index in [0.717, 1.165) is 11.3 Å². The van der Waals surface area contributed by atoms with Gasteiger partial charge in [-0.3, -0.25) is 0 Å². The summed E-state index contributed by atoms with van der Waals surface area (Å²) in [6.45, 7) is 6.22. The minimum absolute atomic E-state index is 0.0535. The lowest BCUT2D eigenvalue weighted by molar-refractivity contribution is 0.0519. The number of esters is 1. The Labute approximate surface area is 127 Å². The maximum absolute atomic E-state index is 12.0. The molecular weight excluding hydrogens is 288 g/mol. The first kappa shape index (κ1) is 15.4. The van der Waals surface area contributed by atoms with Gasteiger partial charge in [-0.1, -0.05) is 13.8 Å². The molecule has 6 heteroatoms. The number of aromatic nitrogens is 2. The fraction of sp³-hybridized carbons (Fsp3) is 0.400. The number of aromatic hydroxyl groups is 1. The Morgan fingerprint density at radius 3 is 2.86 bits per heavy atom. The number of hydrogen-bond acceptors (Lipinski definition) is 6. The van der Waals surface area contributed by atoms with Gasteiger partial charge in [0.15, 0.2) is 5.69 Å². The van der Waals surface area contributed by atoms with Gasteiger partial charge in [0.25, 0.3) is 0 Å². The van der Waals surface area contributed by atoms with E-state index in [1.807, 2.05) is 0 Å². The molecule has 0 radical (unpaired) electrons. The van der Waals surface area contributed by atoms with Crippen molar-refractivity contribution in [1.29, 1.82) is 0 Å². The molecule has 0 atom stereocenters. The molecule has 0 aliphatic heterocycles. The third-order valence-corrected chi connectivity index (χ3v) is 3.83. The molecule has 0 saturated carbocycles. The van der Waals surface area contributed by atoms with Gasteiger partial charge in [0.05, 0.1) is 6.61 Å². The number of rotatable bonds is 5. The second-order valence-corrected chi connectivity index (χ2v) is 6.06. The van der Waals surface area contributed by atoms with Gasteiger partial charge in [-0.15, -0.1) is 11.3 Å². The quantitative estimate of drug-likeness (QED) is 0.858. The first-order valence-electron chi connectivity index (χ1n) is 6.84. The van der Waals surface area contributed by atoms with Crippen LogP contribution in [0.25, 0.3) is 10.7 Å². The van der Waals surface area contributed by atoms with E-state index in [1.54, 1.807) is 25.3 Å². The molecule has 0 bridgehead atoms. The van der Waals surface area contributed by atoms with Crippen molar-refractivity contribution in [2.75, 3.05) is 6.61 Å². The van der Waals surface area contributed by atoms with Crippen LogP contribution in [0.15, 0.2) is 18.3 Å². The van der Waals surface area contributed by atoms with E-state index in [-0.39, 0.29) is 5.75 Å². The van der Waals surface area contributed by atoms with Crippen molar-refractivity contribution in [3.63, 3.8) is 0 Å². The Kier molecular flexibility index (Phi) is 4.90. The Morgan fingerprint density at radius 1 is 1.48 bits per heavy atom. The van der Waals surface area contributed by atoms with Gasteiger partial charge in [0.1, 0.15) is 16.5 Å². The van der Waals surface area contributed by atoms with Gasteiger partial charge in [-0.05, 0) is 31.4 Å². The molecule has 0 aromatic carbocycles. The standard InChI is InChI=1S/C15H18N2O3S/c1-4-20-15(19)13-11(8-9(2)3)21-14(17-13)12-10(18)6-5-7-16-12/h5-7,9,18H,4,8H2,1-3H3. The van der Waals surface area contributed by atoms with E-state index in [2.05, 4.69) is 23.8 Å². The largest absolute Gasteiger partial charge is 0.506 e.